The van der Waals surface area contributed by atoms with Gasteiger partial charge in [-0.15, -0.1) is 0 Å². The third kappa shape index (κ3) is 4.75. The van der Waals surface area contributed by atoms with Crippen LogP contribution in [0.25, 0.3) is 38.2 Å². The summed E-state index contributed by atoms with van der Waals surface area (Å²) in [4.78, 5) is 2.44. The molecule has 258 valence electrons. The van der Waals surface area contributed by atoms with Gasteiger partial charge in [0.2, 0.25) is 0 Å². The Morgan fingerprint density at radius 1 is 0.585 bits per heavy atom. The highest BCUT2D eigenvalue weighted by atomic mass is 28.3. The number of nitrogens with zero attached hydrogens (tertiary/aromatic N) is 1. The molecule has 7 aromatic rings. The van der Waals surface area contributed by atoms with Crippen LogP contribution in [0.3, 0.4) is 0 Å². The lowest BCUT2D eigenvalue weighted by atomic mass is 9.68. The van der Waals surface area contributed by atoms with E-state index in [9.17, 15) is 0 Å². The van der Waals surface area contributed by atoms with E-state index in [1.807, 2.05) is 0 Å². The van der Waals surface area contributed by atoms with E-state index in [0.29, 0.717) is 5.92 Å². The van der Waals surface area contributed by atoms with E-state index < -0.39 is 8.07 Å². The Bertz CT molecular complexity index is 2670. The molecule has 1 spiro atoms. The molecule has 0 fully saturated rings. The molecule has 0 bridgehead atoms. The van der Waals surface area contributed by atoms with Gasteiger partial charge >= 0.3 is 0 Å². The van der Waals surface area contributed by atoms with Crippen molar-refractivity contribution in [1.82, 2.24) is 0 Å². The van der Waals surface area contributed by atoms with Crippen LogP contribution < -0.4 is 10.1 Å². The lowest BCUT2D eigenvalue weighted by molar-refractivity contribution is 0.789. The van der Waals surface area contributed by atoms with Gasteiger partial charge in [-0.2, -0.15) is 0 Å². The lowest BCUT2D eigenvalue weighted by Crippen LogP contribution is -2.37. The molecule has 0 aliphatic heterocycles. The Morgan fingerprint density at radius 3 is 2.06 bits per heavy atom. The van der Waals surface area contributed by atoms with Crippen LogP contribution in [-0.2, 0) is 5.41 Å². The first kappa shape index (κ1) is 32.2. The van der Waals surface area contributed by atoms with E-state index in [1.54, 1.807) is 0 Å². The third-order valence-electron chi connectivity index (χ3n) is 12.3. The molecule has 7 aromatic carbocycles. The first-order chi connectivity index (χ1) is 25.7. The molecule has 0 N–H and O–H groups in total. The smallest absolute Gasteiger partial charge is 0.0775 e. The summed E-state index contributed by atoms with van der Waals surface area (Å²) < 4.78 is 0. The predicted molar refractivity (Wildman–Crippen MR) is 230 cm³/mol. The molecule has 1 unspecified atom stereocenters. The maximum absolute atomic E-state index is 2.55. The second-order valence-corrected chi connectivity index (χ2v) is 21.7. The summed E-state index contributed by atoms with van der Waals surface area (Å²) in [5.41, 5.74) is 15.9. The van der Waals surface area contributed by atoms with Crippen LogP contribution in [0.4, 0.5) is 17.1 Å². The Hall–Kier alpha value is -5.44. The summed E-state index contributed by atoms with van der Waals surface area (Å²) in [6.07, 6.45) is 7.04. The zero-order valence-corrected chi connectivity index (χ0v) is 32.4. The van der Waals surface area contributed by atoms with Crippen LogP contribution in [-0.4, -0.2) is 8.07 Å². The second kappa shape index (κ2) is 11.8. The lowest BCUT2D eigenvalue weighted by Gasteiger charge is -2.33. The number of hydrogen-bond donors (Lipinski definition) is 0. The number of fused-ring (bicyclic) bond motifs is 12. The number of allylic oxidation sites excluding steroid dienone is 4. The topological polar surface area (TPSA) is 3.24 Å². The van der Waals surface area contributed by atoms with Crippen molar-refractivity contribution in [2.45, 2.75) is 57.7 Å². The summed E-state index contributed by atoms with van der Waals surface area (Å²) in [7, 11) is -1.44. The monoisotopic (exact) mass is 699 g/mol. The molecule has 0 aromatic heterocycles. The summed E-state index contributed by atoms with van der Waals surface area (Å²) in [6, 6.07) is 53.7. The van der Waals surface area contributed by atoms with Crippen molar-refractivity contribution in [3.05, 3.63) is 185 Å². The number of rotatable bonds is 5. The first-order valence-electron chi connectivity index (χ1n) is 19.3. The van der Waals surface area contributed by atoms with Crippen molar-refractivity contribution >= 4 is 57.4 Å². The summed E-state index contributed by atoms with van der Waals surface area (Å²) in [5, 5.41) is 6.67. The highest BCUT2D eigenvalue weighted by Gasteiger charge is 2.53. The molecule has 3 aliphatic carbocycles. The Balaban J connectivity index is 1.22. The van der Waals surface area contributed by atoms with Gasteiger partial charge in [-0.3, -0.25) is 0 Å². The van der Waals surface area contributed by atoms with Gasteiger partial charge in [0, 0.05) is 17.1 Å². The van der Waals surface area contributed by atoms with E-state index >= 15 is 0 Å². The van der Waals surface area contributed by atoms with Gasteiger partial charge in [0.05, 0.1) is 13.5 Å². The SMILES string of the molecule is CC(C)c1ccc(N(c2ccc([Si](C)(C)C)cc2)c2ccc3cc4c(cc3c2)C2(C3=C(CCC=C3)c3ccccc32)c2c-4ccc3ccccc23)cc1. The molecule has 0 radical (unpaired) electrons. The van der Waals surface area contributed by atoms with Crippen molar-refractivity contribution in [2.24, 2.45) is 0 Å². The van der Waals surface area contributed by atoms with Gasteiger partial charge in [0.25, 0.3) is 0 Å². The summed E-state index contributed by atoms with van der Waals surface area (Å²) in [6.45, 7) is 11.8. The van der Waals surface area contributed by atoms with Gasteiger partial charge < -0.3 is 4.90 Å². The molecule has 1 atom stereocenters. The molecule has 0 heterocycles. The highest BCUT2D eigenvalue weighted by molar-refractivity contribution is 6.88. The van der Waals surface area contributed by atoms with E-state index in [4.69, 9.17) is 0 Å². The largest absolute Gasteiger partial charge is 0.310 e. The maximum Gasteiger partial charge on any atom is 0.0775 e. The molecule has 1 nitrogen and oxygen atoms in total. The van der Waals surface area contributed by atoms with Crippen LogP contribution in [0.15, 0.2) is 157 Å². The van der Waals surface area contributed by atoms with Crippen molar-refractivity contribution in [3.8, 4) is 11.1 Å². The molecule has 10 rings (SSSR count). The molecule has 2 heteroatoms. The van der Waals surface area contributed by atoms with Crippen LogP contribution >= 0.6 is 0 Å². The van der Waals surface area contributed by atoms with Gasteiger partial charge in [0.1, 0.15) is 0 Å². The molecule has 0 saturated carbocycles. The minimum absolute atomic E-state index is 0.363. The number of hydrogen-bond acceptors (Lipinski definition) is 1. The van der Waals surface area contributed by atoms with Crippen molar-refractivity contribution in [2.75, 3.05) is 4.90 Å². The standard InChI is InChI=1S/C51H45NSi/c1-33(2)34-18-22-38(23-19-34)52(39-25-27-41(28-26-39)53(3,4)5)40-24-20-36-31-46-45-29-21-35-12-6-7-13-42(35)50(45)51(49(46)32-37(36)30-40)47-16-10-8-14-43(47)44-15-9-11-17-48(44)51/h6-8,10-14,16-33H,9,15H2,1-5H3. The molecule has 0 amide bonds. The van der Waals surface area contributed by atoms with Crippen LogP contribution in [0, 0.1) is 0 Å². The zero-order chi connectivity index (χ0) is 36.1. The predicted octanol–water partition coefficient (Wildman–Crippen LogP) is 13.6. The van der Waals surface area contributed by atoms with E-state index in [-0.39, 0.29) is 5.41 Å². The van der Waals surface area contributed by atoms with E-state index in [2.05, 4.69) is 190 Å². The fraction of sp³-hybridized carbons (Fsp3) is 0.176. The third-order valence-corrected chi connectivity index (χ3v) is 14.3. The van der Waals surface area contributed by atoms with Gasteiger partial charge in [-0.05, 0) is 139 Å². The van der Waals surface area contributed by atoms with Gasteiger partial charge in [-0.25, -0.2) is 0 Å². The fourth-order valence-electron chi connectivity index (χ4n) is 9.63. The van der Waals surface area contributed by atoms with Crippen molar-refractivity contribution < 1.29 is 0 Å². The Kier molecular flexibility index (Phi) is 7.16. The Morgan fingerprint density at radius 2 is 1.28 bits per heavy atom. The fourth-order valence-corrected chi connectivity index (χ4v) is 10.8. The molecular formula is C51H45NSi. The zero-order valence-electron chi connectivity index (χ0n) is 31.4. The quantitative estimate of drug-likeness (QED) is 0.162. The Labute approximate surface area is 315 Å². The number of anilines is 3. The van der Waals surface area contributed by atoms with E-state index in [1.165, 1.54) is 93.9 Å². The van der Waals surface area contributed by atoms with E-state index in [0.717, 1.165) is 12.8 Å². The average Bonchev–Trinajstić information content (AvgIpc) is 3.64. The minimum atomic E-state index is -1.44. The molecule has 3 aliphatic rings. The summed E-state index contributed by atoms with van der Waals surface area (Å²) >= 11 is 0. The van der Waals surface area contributed by atoms with Gasteiger partial charge in [-0.1, -0.05) is 142 Å². The first-order valence-corrected chi connectivity index (χ1v) is 22.8. The van der Waals surface area contributed by atoms with Crippen molar-refractivity contribution in [1.29, 1.82) is 0 Å². The minimum Gasteiger partial charge on any atom is -0.310 e. The maximum atomic E-state index is 2.55. The molecular weight excluding hydrogens is 655 g/mol. The highest BCUT2D eigenvalue weighted by Crippen LogP contribution is 2.65. The molecule has 53 heavy (non-hydrogen) atoms. The molecule has 0 saturated heterocycles. The van der Waals surface area contributed by atoms with Gasteiger partial charge in [0.15, 0.2) is 0 Å². The van der Waals surface area contributed by atoms with Crippen LogP contribution in [0.5, 0.6) is 0 Å². The van der Waals surface area contributed by atoms with Crippen molar-refractivity contribution in [3.63, 3.8) is 0 Å². The second-order valence-electron chi connectivity index (χ2n) is 16.6. The summed E-state index contributed by atoms with van der Waals surface area (Å²) in [5.74, 6) is 0.486. The number of benzene rings is 7. The average molecular weight is 700 g/mol. The van der Waals surface area contributed by atoms with Crippen LogP contribution in [0.1, 0.15) is 60.4 Å². The van der Waals surface area contributed by atoms with Crippen LogP contribution in [0.2, 0.25) is 19.6 Å². The normalized spacial score (nSPS) is 17.1.